The van der Waals surface area contributed by atoms with Crippen LogP contribution in [-0.2, 0) is 17.8 Å². The molecule has 2 atom stereocenters. The van der Waals surface area contributed by atoms with Crippen molar-refractivity contribution in [2.45, 2.75) is 69.2 Å². The predicted molar refractivity (Wildman–Crippen MR) is 130 cm³/mol. The molecule has 4 heteroatoms. The minimum atomic E-state index is 0.252. The molecule has 2 aliphatic heterocycles. The quantitative estimate of drug-likeness (QED) is 0.614. The van der Waals surface area contributed by atoms with E-state index < -0.39 is 0 Å². The number of amides is 1. The topological polar surface area (TPSA) is 23.6 Å². The molecule has 31 heavy (non-hydrogen) atoms. The van der Waals surface area contributed by atoms with Crippen LogP contribution in [0.5, 0.6) is 0 Å². The number of aryl methyl sites for hydroxylation is 1. The predicted octanol–water partition coefficient (Wildman–Crippen LogP) is 5.55. The molecule has 0 saturated carbocycles. The van der Waals surface area contributed by atoms with Gasteiger partial charge in [0.25, 0.3) is 0 Å². The average Bonchev–Trinajstić information content (AvgIpc) is 2.90. The van der Waals surface area contributed by atoms with Crippen LogP contribution >= 0.6 is 11.8 Å². The number of hydrogen-bond donors (Lipinski definition) is 0. The van der Waals surface area contributed by atoms with Crippen molar-refractivity contribution in [3.63, 3.8) is 0 Å². The Morgan fingerprint density at radius 3 is 2.55 bits per heavy atom. The van der Waals surface area contributed by atoms with E-state index in [-0.39, 0.29) is 6.04 Å². The fraction of sp³-hybridized carbons (Fsp3) is 0.519. The number of nitrogens with zero attached hydrogens (tertiary/aromatic N) is 2. The molecule has 0 bridgehead atoms. The summed E-state index contributed by atoms with van der Waals surface area (Å²) in [5.41, 5.74) is 4.03. The zero-order valence-corrected chi connectivity index (χ0v) is 20.0. The van der Waals surface area contributed by atoms with Crippen LogP contribution in [0.15, 0.2) is 53.4 Å². The summed E-state index contributed by atoms with van der Waals surface area (Å²) in [5, 5.41) is 0.404. The molecule has 0 aromatic heterocycles. The largest absolute Gasteiger partial charge is 0.334 e. The number of fused-ring (bicyclic) bond motifs is 1. The molecule has 1 fully saturated rings. The van der Waals surface area contributed by atoms with Crippen molar-refractivity contribution in [1.82, 2.24) is 9.80 Å². The number of carbonyl (C=O) groups excluding carboxylic acids is 1. The van der Waals surface area contributed by atoms with Crippen molar-refractivity contribution in [2.75, 3.05) is 19.6 Å². The normalized spacial score (nSPS) is 22.7. The maximum absolute atomic E-state index is 13.2. The number of benzene rings is 2. The fourth-order valence-electron chi connectivity index (χ4n) is 4.90. The monoisotopic (exact) mass is 436 g/mol. The summed E-state index contributed by atoms with van der Waals surface area (Å²) < 4.78 is 0. The van der Waals surface area contributed by atoms with Crippen molar-refractivity contribution >= 4 is 17.7 Å². The van der Waals surface area contributed by atoms with Gasteiger partial charge >= 0.3 is 0 Å². The van der Waals surface area contributed by atoms with Crippen molar-refractivity contribution in [2.24, 2.45) is 5.92 Å². The van der Waals surface area contributed by atoms with E-state index in [2.05, 4.69) is 79.1 Å². The van der Waals surface area contributed by atoms with Gasteiger partial charge in [0.05, 0.1) is 0 Å². The molecule has 2 aromatic rings. The maximum Gasteiger partial charge on any atom is 0.224 e. The van der Waals surface area contributed by atoms with Crippen LogP contribution in [0.4, 0.5) is 0 Å². The molecule has 0 unspecified atom stereocenters. The molecule has 2 aromatic carbocycles. The average molecular weight is 437 g/mol. The second-order valence-electron chi connectivity index (χ2n) is 9.42. The van der Waals surface area contributed by atoms with Crippen molar-refractivity contribution in [3.8, 4) is 0 Å². The van der Waals surface area contributed by atoms with Gasteiger partial charge in [-0.2, -0.15) is 0 Å². The number of hydrogen-bond acceptors (Lipinski definition) is 3. The molecular weight excluding hydrogens is 400 g/mol. The molecule has 2 aliphatic rings. The Balaban J connectivity index is 1.29. The molecule has 0 N–H and O–H groups in total. The summed E-state index contributed by atoms with van der Waals surface area (Å²) in [5.74, 6) is 1.08. The Morgan fingerprint density at radius 2 is 1.81 bits per heavy atom. The summed E-state index contributed by atoms with van der Waals surface area (Å²) in [6.07, 6.45) is 4.30. The SMILES string of the molecule is Cc1ccc2c(c1)CN(C(=O)CCN1CCC(Cc3ccccc3)CC1)[C@@H](C)[C@@H](C)S2. The van der Waals surface area contributed by atoms with Gasteiger partial charge < -0.3 is 9.80 Å². The third-order valence-electron chi connectivity index (χ3n) is 7.08. The van der Waals surface area contributed by atoms with Gasteiger partial charge in [-0.25, -0.2) is 0 Å². The molecular formula is C27H36N2OS. The first-order valence-corrected chi connectivity index (χ1v) is 12.7. The Kier molecular flexibility index (Phi) is 7.39. The lowest BCUT2D eigenvalue weighted by molar-refractivity contribution is -0.134. The van der Waals surface area contributed by atoms with Crippen LogP contribution in [0.25, 0.3) is 0 Å². The van der Waals surface area contributed by atoms with E-state index in [0.717, 1.165) is 32.1 Å². The Morgan fingerprint density at radius 1 is 1.06 bits per heavy atom. The third-order valence-corrected chi connectivity index (χ3v) is 8.49. The van der Waals surface area contributed by atoms with E-state index >= 15 is 0 Å². The highest BCUT2D eigenvalue weighted by molar-refractivity contribution is 8.00. The van der Waals surface area contributed by atoms with Gasteiger partial charge in [0.15, 0.2) is 0 Å². The summed E-state index contributed by atoms with van der Waals surface area (Å²) in [7, 11) is 0. The van der Waals surface area contributed by atoms with Gasteiger partial charge in [-0.05, 0) is 69.3 Å². The number of likely N-dealkylation sites (tertiary alicyclic amines) is 1. The van der Waals surface area contributed by atoms with Gasteiger partial charge in [-0.3, -0.25) is 4.79 Å². The van der Waals surface area contributed by atoms with Crippen molar-refractivity contribution in [1.29, 1.82) is 0 Å². The Labute approximate surface area is 192 Å². The fourth-order valence-corrected chi connectivity index (χ4v) is 6.07. The maximum atomic E-state index is 13.2. The minimum Gasteiger partial charge on any atom is -0.334 e. The summed E-state index contributed by atoms with van der Waals surface area (Å²) in [4.78, 5) is 19.2. The molecule has 2 heterocycles. The Bertz CT molecular complexity index is 876. The van der Waals surface area contributed by atoms with Crippen molar-refractivity contribution < 1.29 is 4.79 Å². The molecule has 0 aliphatic carbocycles. The zero-order valence-electron chi connectivity index (χ0n) is 19.2. The number of piperidine rings is 1. The van der Waals surface area contributed by atoms with E-state index in [0.29, 0.717) is 17.6 Å². The van der Waals surface area contributed by atoms with Crippen molar-refractivity contribution in [3.05, 3.63) is 65.2 Å². The van der Waals surface area contributed by atoms with Crippen LogP contribution in [-0.4, -0.2) is 46.6 Å². The van der Waals surface area contributed by atoms with E-state index in [1.54, 1.807) is 0 Å². The second kappa shape index (κ2) is 10.2. The first kappa shape index (κ1) is 22.4. The highest BCUT2D eigenvalue weighted by atomic mass is 32.2. The lowest BCUT2D eigenvalue weighted by atomic mass is 9.90. The van der Waals surface area contributed by atoms with Crippen LogP contribution in [0.2, 0.25) is 0 Å². The standard InChI is InChI=1S/C27H36N2OS/c1-20-9-10-26-25(17-20)19-29(21(2)22(3)31-26)27(30)13-16-28-14-11-24(12-15-28)18-23-7-5-4-6-8-23/h4-10,17,21-22,24H,11-16,18-19H2,1-3H3/t21-,22+/m0/s1. The first-order valence-electron chi connectivity index (χ1n) is 11.8. The van der Waals surface area contributed by atoms with Gasteiger partial charge in [-0.15, -0.1) is 11.8 Å². The highest BCUT2D eigenvalue weighted by Gasteiger charge is 2.30. The summed E-state index contributed by atoms with van der Waals surface area (Å²) in [6.45, 7) is 10.5. The van der Waals surface area contributed by atoms with Gasteiger partial charge in [-0.1, -0.05) is 55.0 Å². The van der Waals surface area contributed by atoms with Crippen LogP contribution < -0.4 is 0 Å². The van der Waals surface area contributed by atoms with Gasteiger partial charge in [0.1, 0.15) is 0 Å². The molecule has 3 nitrogen and oxygen atoms in total. The smallest absolute Gasteiger partial charge is 0.224 e. The summed E-state index contributed by atoms with van der Waals surface area (Å²) in [6, 6.07) is 17.8. The highest BCUT2D eigenvalue weighted by Crippen LogP contribution is 2.35. The molecule has 4 rings (SSSR count). The third kappa shape index (κ3) is 5.72. The zero-order chi connectivity index (χ0) is 21.8. The lowest BCUT2D eigenvalue weighted by Crippen LogP contribution is -2.43. The van der Waals surface area contributed by atoms with Gasteiger partial charge in [0.2, 0.25) is 5.91 Å². The van der Waals surface area contributed by atoms with Crippen LogP contribution in [0.3, 0.4) is 0 Å². The molecule has 0 radical (unpaired) electrons. The van der Waals surface area contributed by atoms with Gasteiger partial charge in [0, 0.05) is 35.7 Å². The molecule has 166 valence electrons. The van der Waals surface area contributed by atoms with E-state index in [9.17, 15) is 4.79 Å². The second-order valence-corrected chi connectivity index (χ2v) is 10.8. The molecule has 0 spiro atoms. The summed E-state index contributed by atoms with van der Waals surface area (Å²) >= 11 is 1.91. The number of rotatable bonds is 5. The van der Waals surface area contributed by atoms with E-state index in [4.69, 9.17) is 0 Å². The molecule has 1 saturated heterocycles. The van der Waals surface area contributed by atoms with E-state index in [1.165, 1.54) is 40.8 Å². The number of thioether (sulfide) groups is 1. The van der Waals surface area contributed by atoms with Crippen LogP contribution in [0.1, 0.15) is 49.8 Å². The Hall–Kier alpha value is -1.78. The molecule has 1 amide bonds. The first-order chi connectivity index (χ1) is 15.0. The van der Waals surface area contributed by atoms with Crippen LogP contribution in [0, 0.1) is 12.8 Å². The lowest BCUT2D eigenvalue weighted by Gasteiger charge is -2.34. The number of carbonyl (C=O) groups is 1. The minimum absolute atomic E-state index is 0.252. The van der Waals surface area contributed by atoms with E-state index in [1.807, 2.05) is 11.8 Å².